The average molecular weight is 200 g/mol. The van der Waals surface area contributed by atoms with E-state index in [1.54, 1.807) is 6.20 Å². The molecular weight excluding hydrogens is 186 g/mol. The van der Waals surface area contributed by atoms with Gasteiger partial charge in [-0.05, 0) is 44.6 Å². The molecule has 0 unspecified atom stereocenters. The first kappa shape index (κ1) is 9.03. The molecule has 1 fully saturated rings. The smallest absolute Gasteiger partial charge is 0.202 e. The highest BCUT2D eigenvalue weighted by Crippen LogP contribution is 2.24. The molecule has 1 saturated heterocycles. The van der Waals surface area contributed by atoms with E-state index in [-0.39, 0.29) is 0 Å². The van der Waals surface area contributed by atoms with Crippen LogP contribution in [0.3, 0.4) is 0 Å². The summed E-state index contributed by atoms with van der Waals surface area (Å²) in [6.07, 6.45) is 6.08. The molecular formula is C9H14ClN3. The highest BCUT2D eigenvalue weighted by molar-refractivity contribution is 6.28. The molecule has 0 N–H and O–H groups in total. The molecule has 0 atom stereocenters. The molecule has 72 valence electrons. The Labute approximate surface area is 83.3 Å². The SMILES string of the molecule is CN1CCC(n2ccnc2Cl)CC1. The van der Waals surface area contributed by atoms with Gasteiger partial charge in [0, 0.05) is 18.4 Å². The molecule has 1 aliphatic rings. The van der Waals surface area contributed by atoms with E-state index in [1.807, 2.05) is 6.20 Å². The van der Waals surface area contributed by atoms with E-state index >= 15 is 0 Å². The highest BCUT2D eigenvalue weighted by Gasteiger charge is 2.19. The molecule has 0 aliphatic carbocycles. The van der Waals surface area contributed by atoms with Gasteiger partial charge in [0.25, 0.3) is 0 Å². The van der Waals surface area contributed by atoms with Gasteiger partial charge in [-0.1, -0.05) is 0 Å². The van der Waals surface area contributed by atoms with Crippen LogP contribution in [-0.4, -0.2) is 34.6 Å². The third kappa shape index (κ3) is 1.86. The van der Waals surface area contributed by atoms with Crippen molar-refractivity contribution in [2.75, 3.05) is 20.1 Å². The van der Waals surface area contributed by atoms with Crippen molar-refractivity contribution >= 4 is 11.6 Å². The second kappa shape index (κ2) is 3.68. The Morgan fingerprint density at radius 2 is 2.15 bits per heavy atom. The van der Waals surface area contributed by atoms with Crippen LogP contribution in [0.5, 0.6) is 0 Å². The van der Waals surface area contributed by atoms with Crippen molar-refractivity contribution in [1.29, 1.82) is 0 Å². The van der Waals surface area contributed by atoms with Crippen molar-refractivity contribution in [3.63, 3.8) is 0 Å². The molecule has 0 spiro atoms. The molecule has 3 nitrogen and oxygen atoms in total. The number of hydrogen-bond donors (Lipinski definition) is 0. The van der Waals surface area contributed by atoms with Crippen LogP contribution in [0.15, 0.2) is 12.4 Å². The Kier molecular flexibility index (Phi) is 2.56. The summed E-state index contributed by atoms with van der Waals surface area (Å²) in [5.74, 6) is 0. The number of piperidine rings is 1. The van der Waals surface area contributed by atoms with Crippen LogP contribution >= 0.6 is 11.6 Å². The standard InChI is InChI=1S/C9H14ClN3/c1-12-5-2-8(3-6-12)13-7-4-11-9(13)10/h4,7-8H,2-3,5-6H2,1H3. The minimum Gasteiger partial charge on any atom is -0.319 e. The van der Waals surface area contributed by atoms with Gasteiger partial charge in [-0.25, -0.2) is 4.98 Å². The van der Waals surface area contributed by atoms with Crippen molar-refractivity contribution in [2.45, 2.75) is 18.9 Å². The van der Waals surface area contributed by atoms with Gasteiger partial charge in [0.2, 0.25) is 5.28 Å². The van der Waals surface area contributed by atoms with Crippen molar-refractivity contribution < 1.29 is 0 Å². The molecule has 0 amide bonds. The normalized spacial score (nSPS) is 20.8. The lowest BCUT2D eigenvalue weighted by molar-refractivity contribution is 0.221. The van der Waals surface area contributed by atoms with Crippen molar-refractivity contribution in [1.82, 2.24) is 14.5 Å². The Hall–Kier alpha value is -0.540. The fourth-order valence-electron chi connectivity index (χ4n) is 1.84. The van der Waals surface area contributed by atoms with E-state index in [4.69, 9.17) is 11.6 Å². The number of aromatic nitrogens is 2. The molecule has 0 saturated carbocycles. The van der Waals surface area contributed by atoms with Crippen LogP contribution in [0.4, 0.5) is 0 Å². The minimum absolute atomic E-state index is 0.547. The Balaban J connectivity index is 2.06. The zero-order valence-electron chi connectivity index (χ0n) is 7.78. The lowest BCUT2D eigenvalue weighted by Gasteiger charge is -2.29. The maximum atomic E-state index is 5.95. The Bertz CT molecular complexity index is 276. The molecule has 13 heavy (non-hydrogen) atoms. The number of likely N-dealkylation sites (tertiary alicyclic amines) is 1. The number of imidazole rings is 1. The van der Waals surface area contributed by atoms with E-state index < -0.39 is 0 Å². The molecule has 1 aliphatic heterocycles. The van der Waals surface area contributed by atoms with Crippen LogP contribution in [-0.2, 0) is 0 Å². The zero-order valence-corrected chi connectivity index (χ0v) is 8.54. The first-order valence-electron chi connectivity index (χ1n) is 4.64. The van der Waals surface area contributed by atoms with Crippen molar-refractivity contribution in [2.24, 2.45) is 0 Å². The van der Waals surface area contributed by atoms with Gasteiger partial charge in [-0.15, -0.1) is 0 Å². The molecule has 2 heterocycles. The minimum atomic E-state index is 0.547. The summed E-state index contributed by atoms with van der Waals surface area (Å²) in [5, 5.41) is 0.620. The van der Waals surface area contributed by atoms with E-state index in [9.17, 15) is 0 Å². The van der Waals surface area contributed by atoms with Gasteiger partial charge in [0.05, 0.1) is 0 Å². The van der Waals surface area contributed by atoms with Crippen LogP contribution in [0.1, 0.15) is 18.9 Å². The van der Waals surface area contributed by atoms with Gasteiger partial charge in [0.15, 0.2) is 0 Å². The van der Waals surface area contributed by atoms with Gasteiger partial charge < -0.3 is 9.47 Å². The molecule has 0 radical (unpaired) electrons. The van der Waals surface area contributed by atoms with Gasteiger partial charge >= 0.3 is 0 Å². The van der Waals surface area contributed by atoms with Gasteiger partial charge in [-0.3, -0.25) is 0 Å². The molecule has 0 aromatic carbocycles. The monoisotopic (exact) mass is 199 g/mol. The molecule has 2 rings (SSSR count). The summed E-state index contributed by atoms with van der Waals surface area (Å²) in [5.41, 5.74) is 0. The zero-order chi connectivity index (χ0) is 9.26. The van der Waals surface area contributed by atoms with Crippen molar-refractivity contribution in [3.8, 4) is 0 Å². The van der Waals surface area contributed by atoms with E-state index in [1.165, 1.54) is 12.8 Å². The molecule has 4 heteroatoms. The number of hydrogen-bond acceptors (Lipinski definition) is 2. The summed E-state index contributed by atoms with van der Waals surface area (Å²) >= 11 is 5.95. The van der Waals surface area contributed by atoms with Gasteiger partial charge in [0.1, 0.15) is 0 Å². The van der Waals surface area contributed by atoms with E-state index in [0.29, 0.717) is 11.3 Å². The predicted molar refractivity (Wildman–Crippen MR) is 53.0 cm³/mol. The Morgan fingerprint density at radius 3 is 2.69 bits per heavy atom. The molecule has 0 bridgehead atoms. The third-order valence-corrected chi connectivity index (χ3v) is 3.00. The second-order valence-electron chi connectivity index (χ2n) is 3.64. The van der Waals surface area contributed by atoms with Crippen LogP contribution in [0.2, 0.25) is 5.28 Å². The average Bonchev–Trinajstić information content (AvgIpc) is 2.53. The lowest BCUT2D eigenvalue weighted by Crippen LogP contribution is -2.31. The summed E-state index contributed by atoms with van der Waals surface area (Å²) in [6.45, 7) is 2.30. The maximum absolute atomic E-state index is 5.95. The largest absolute Gasteiger partial charge is 0.319 e. The quantitative estimate of drug-likeness (QED) is 0.688. The highest BCUT2D eigenvalue weighted by atomic mass is 35.5. The first-order chi connectivity index (χ1) is 6.27. The fourth-order valence-corrected chi connectivity index (χ4v) is 2.09. The summed E-state index contributed by atoms with van der Waals surface area (Å²) < 4.78 is 2.08. The first-order valence-corrected chi connectivity index (χ1v) is 5.02. The molecule has 1 aromatic heterocycles. The van der Waals surface area contributed by atoms with Crippen molar-refractivity contribution in [3.05, 3.63) is 17.7 Å². The fraction of sp³-hybridized carbons (Fsp3) is 0.667. The number of nitrogens with zero attached hydrogens (tertiary/aromatic N) is 3. The second-order valence-corrected chi connectivity index (χ2v) is 3.98. The van der Waals surface area contributed by atoms with Crippen LogP contribution < -0.4 is 0 Å². The van der Waals surface area contributed by atoms with Crippen LogP contribution in [0.25, 0.3) is 0 Å². The van der Waals surface area contributed by atoms with E-state index in [0.717, 1.165) is 13.1 Å². The summed E-state index contributed by atoms with van der Waals surface area (Å²) in [7, 11) is 2.16. The summed E-state index contributed by atoms with van der Waals surface area (Å²) in [6, 6.07) is 0.547. The number of rotatable bonds is 1. The third-order valence-electron chi connectivity index (χ3n) is 2.70. The van der Waals surface area contributed by atoms with Gasteiger partial charge in [-0.2, -0.15) is 0 Å². The summed E-state index contributed by atoms with van der Waals surface area (Å²) in [4.78, 5) is 6.37. The van der Waals surface area contributed by atoms with Crippen LogP contribution in [0, 0.1) is 0 Å². The lowest BCUT2D eigenvalue weighted by atomic mass is 10.1. The predicted octanol–water partition coefficient (Wildman–Crippen LogP) is 1.80. The maximum Gasteiger partial charge on any atom is 0.202 e. The van der Waals surface area contributed by atoms with E-state index in [2.05, 4.69) is 21.5 Å². The topological polar surface area (TPSA) is 21.1 Å². The number of halogens is 1. The Morgan fingerprint density at radius 1 is 1.46 bits per heavy atom. The molecule has 1 aromatic rings.